The molecule has 4 nitrogen and oxygen atoms in total. The fourth-order valence-corrected chi connectivity index (χ4v) is 11.0. The molecule has 4 rings (SSSR count). The van der Waals surface area contributed by atoms with E-state index >= 15 is 0 Å². The summed E-state index contributed by atoms with van der Waals surface area (Å²) in [6.45, 7) is 4.29. The maximum atomic E-state index is 12.1. The molecule has 0 heterocycles. The monoisotopic (exact) mass is 556 g/mol. The van der Waals surface area contributed by atoms with Crippen LogP contribution in [0.4, 0.5) is 0 Å². The van der Waals surface area contributed by atoms with Crippen LogP contribution < -0.4 is 5.30 Å². The van der Waals surface area contributed by atoms with E-state index in [0.717, 1.165) is 48.1 Å². The Kier molecular flexibility index (Phi) is 13.8. The molecule has 2 aliphatic rings. The van der Waals surface area contributed by atoms with Crippen LogP contribution >= 0.6 is 7.92 Å². The van der Waals surface area contributed by atoms with Gasteiger partial charge in [0, 0.05) is 0 Å². The van der Waals surface area contributed by atoms with Gasteiger partial charge < -0.3 is 5.48 Å². The summed E-state index contributed by atoms with van der Waals surface area (Å²) in [5.41, 5.74) is 6.34. The Balaban J connectivity index is 0.00000241. The average molecular weight is 557 g/mol. The molecule has 0 aromatic heterocycles. The van der Waals surface area contributed by atoms with Crippen molar-refractivity contribution in [2.45, 2.75) is 120 Å². The molecule has 0 atom stereocenters. The van der Waals surface area contributed by atoms with Gasteiger partial charge in [-0.2, -0.15) is 8.42 Å². The van der Waals surface area contributed by atoms with Crippen LogP contribution in [0.25, 0.3) is 11.1 Å². The topological polar surface area (TPSA) is 85.9 Å². The van der Waals surface area contributed by atoms with E-state index in [1.54, 1.807) is 17.4 Å². The average Bonchev–Trinajstić information content (AvgIpc) is 2.86. The number of hydrogen-bond donors (Lipinski definition) is 1. The van der Waals surface area contributed by atoms with E-state index in [1.807, 2.05) is 0 Å². The van der Waals surface area contributed by atoms with Crippen LogP contribution in [0.15, 0.2) is 41.3 Å². The molecule has 2 aromatic carbocycles. The van der Waals surface area contributed by atoms with Crippen LogP contribution in [0.3, 0.4) is 0 Å². The van der Waals surface area contributed by atoms with Crippen molar-refractivity contribution in [1.82, 2.24) is 0 Å². The standard InChI is InChI=1S/C30H43O3PS.Na.H2O.H/c1-3-13-23-21-27(35(31,32)33)22-24(14-4-2)30(23)28-19-11-12-20-29(28)34(25-15-7-5-8-16-25)26-17-9-6-10-18-26;;;/h11-12,19-22,25-26H,3-10,13-18H2,1-2H3,(H,31,32,33);;1H2;. The number of benzene rings is 2. The van der Waals surface area contributed by atoms with Crippen molar-refractivity contribution in [1.29, 1.82) is 0 Å². The van der Waals surface area contributed by atoms with E-state index in [0.29, 0.717) is 0 Å². The summed E-state index contributed by atoms with van der Waals surface area (Å²) in [6.07, 6.45) is 17.2. The SMILES string of the molecule is CCCc1cc(S(=O)(=O)O)cc(CCC)c1-c1ccccc1P(C1CCCCC1)C1CCCCC1.O.[NaH]. The second-order valence-corrected chi connectivity index (χ2v) is 14.8. The third-order valence-corrected chi connectivity index (χ3v) is 12.4. The predicted molar refractivity (Wildman–Crippen MR) is 161 cm³/mol. The van der Waals surface area contributed by atoms with E-state index in [-0.39, 0.29) is 47.9 Å². The molecule has 37 heavy (non-hydrogen) atoms. The molecule has 2 fully saturated rings. The molecule has 2 aromatic rings. The zero-order valence-corrected chi connectivity index (χ0v) is 23.8. The van der Waals surface area contributed by atoms with E-state index in [9.17, 15) is 13.0 Å². The number of rotatable bonds is 9. The Morgan fingerprint density at radius 2 is 1.27 bits per heavy atom. The van der Waals surface area contributed by atoms with Crippen molar-refractivity contribution in [3.63, 3.8) is 0 Å². The van der Waals surface area contributed by atoms with Crippen LogP contribution in [0.1, 0.15) is 102 Å². The third-order valence-electron chi connectivity index (χ3n) is 8.00. The Morgan fingerprint density at radius 3 is 1.70 bits per heavy atom. The Labute approximate surface area is 248 Å². The summed E-state index contributed by atoms with van der Waals surface area (Å²) in [6, 6.07) is 12.6. The van der Waals surface area contributed by atoms with Gasteiger partial charge in [0.25, 0.3) is 10.1 Å². The third kappa shape index (κ3) is 8.13. The normalized spacial score (nSPS) is 17.3. The molecule has 0 amide bonds. The molecule has 0 aliphatic heterocycles. The van der Waals surface area contributed by atoms with Crippen LogP contribution in [-0.4, -0.2) is 59.3 Å². The summed E-state index contributed by atoms with van der Waals surface area (Å²) in [5.74, 6) is 0. The molecule has 0 saturated heterocycles. The summed E-state index contributed by atoms with van der Waals surface area (Å²) >= 11 is 0. The molecule has 2 aliphatic carbocycles. The van der Waals surface area contributed by atoms with Crippen molar-refractivity contribution in [3.05, 3.63) is 47.5 Å². The van der Waals surface area contributed by atoms with Gasteiger partial charge in [-0.15, -0.1) is 0 Å². The summed E-state index contributed by atoms with van der Waals surface area (Å²) < 4.78 is 34.2. The van der Waals surface area contributed by atoms with Crippen LogP contribution in [0.5, 0.6) is 0 Å². The first kappa shape index (κ1) is 32.9. The van der Waals surface area contributed by atoms with Gasteiger partial charge in [0.1, 0.15) is 0 Å². The van der Waals surface area contributed by atoms with Crippen molar-refractivity contribution in [2.24, 2.45) is 0 Å². The van der Waals surface area contributed by atoms with E-state index in [1.165, 1.54) is 75.3 Å². The second kappa shape index (κ2) is 15.5. The minimum atomic E-state index is -4.24. The zero-order valence-electron chi connectivity index (χ0n) is 22.1. The number of aryl methyl sites for hydroxylation is 2. The van der Waals surface area contributed by atoms with Gasteiger partial charge in [0.05, 0.1) is 4.90 Å². The molecule has 0 radical (unpaired) electrons. The van der Waals surface area contributed by atoms with Gasteiger partial charge in [0.2, 0.25) is 0 Å². The number of hydrogen-bond acceptors (Lipinski definition) is 2. The van der Waals surface area contributed by atoms with Crippen LogP contribution in [-0.2, 0) is 23.0 Å². The Morgan fingerprint density at radius 1 is 0.811 bits per heavy atom. The Bertz CT molecular complexity index is 1050. The first-order chi connectivity index (χ1) is 16.9. The van der Waals surface area contributed by atoms with Crippen molar-refractivity contribution in [3.8, 4) is 11.1 Å². The van der Waals surface area contributed by atoms with Gasteiger partial charge in [-0.05, 0) is 89.5 Å². The molecule has 2 saturated carbocycles. The molecule has 202 valence electrons. The van der Waals surface area contributed by atoms with E-state index in [2.05, 4.69) is 38.1 Å². The molecule has 3 N–H and O–H groups in total. The molecular weight excluding hydrogens is 510 g/mol. The maximum absolute atomic E-state index is 12.1. The first-order valence-electron chi connectivity index (χ1n) is 13.9. The fourth-order valence-electron chi connectivity index (χ4n) is 6.48. The van der Waals surface area contributed by atoms with Gasteiger partial charge >= 0.3 is 29.6 Å². The van der Waals surface area contributed by atoms with Gasteiger partial charge in [-0.25, -0.2) is 0 Å². The molecule has 7 heteroatoms. The predicted octanol–water partition coefficient (Wildman–Crippen LogP) is 6.80. The fraction of sp³-hybridized carbons (Fsp3) is 0.600. The van der Waals surface area contributed by atoms with Crippen LogP contribution in [0.2, 0.25) is 0 Å². The van der Waals surface area contributed by atoms with Crippen molar-refractivity contribution >= 4 is 52.9 Å². The zero-order chi connectivity index (χ0) is 24.8. The molecule has 0 spiro atoms. The molecule has 0 unspecified atom stereocenters. The Hall–Kier alpha value is -0.260. The second-order valence-electron chi connectivity index (χ2n) is 10.6. The van der Waals surface area contributed by atoms with Gasteiger partial charge in [0.15, 0.2) is 0 Å². The summed E-state index contributed by atoms with van der Waals surface area (Å²) in [7, 11) is -4.52. The summed E-state index contributed by atoms with van der Waals surface area (Å²) in [4.78, 5) is 0.0486. The quantitative estimate of drug-likeness (QED) is 0.209. The van der Waals surface area contributed by atoms with Crippen LogP contribution in [0, 0.1) is 0 Å². The summed E-state index contributed by atoms with van der Waals surface area (Å²) in [5, 5.41) is 1.55. The molecule has 0 bridgehead atoms. The van der Waals surface area contributed by atoms with Crippen molar-refractivity contribution < 1.29 is 18.4 Å². The van der Waals surface area contributed by atoms with E-state index < -0.39 is 10.1 Å². The van der Waals surface area contributed by atoms with Gasteiger partial charge in [-0.1, -0.05) is 97.4 Å². The first-order valence-corrected chi connectivity index (χ1v) is 16.9. The van der Waals surface area contributed by atoms with Gasteiger partial charge in [-0.3, -0.25) is 4.55 Å². The van der Waals surface area contributed by atoms with Crippen molar-refractivity contribution in [2.75, 3.05) is 0 Å². The van der Waals surface area contributed by atoms with E-state index in [4.69, 9.17) is 0 Å². The minimum absolute atomic E-state index is 0. The molecular formula is C30H46NaO4PS.